The number of benzene rings is 2. The number of hydrazine groups is 1. The number of hydrogen-bond donors (Lipinski definition) is 2. The summed E-state index contributed by atoms with van der Waals surface area (Å²) in [7, 11) is 1.53. The number of nitrogens with one attached hydrogen (secondary N) is 2. The first-order valence-electron chi connectivity index (χ1n) is 8.49. The summed E-state index contributed by atoms with van der Waals surface area (Å²) in [5.41, 5.74) is 5.34. The lowest BCUT2D eigenvalue weighted by molar-refractivity contribution is -0.121. The quantitative estimate of drug-likeness (QED) is 0.639. The van der Waals surface area contributed by atoms with E-state index in [9.17, 15) is 14.0 Å². The molecule has 0 saturated heterocycles. The Hall–Kier alpha value is -3.68. The lowest BCUT2D eigenvalue weighted by Gasteiger charge is -2.07. The summed E-state index contributed by atoms with van der Waals surface area (Å²) in [4.78, 5) is 27.9. The largest absolute Gasteiger partial charge is 0.497 e. The molecule has 0 aliphatic rings. The maximum atomic E-state index is 13.8. The Kier molecular flexibility index (Phi) is 6.01. The van der Waals surface area contributed by atoms with Crippen molar-refractivity contribution in [2.45, 2.75) is 12.8 Å². The monoisotopic (exact) mass is 383 g/mol. The number of oxazole rings is 1. The van der Waals surface area contributed by atoms with E-state index in [1.54, 1.807) is 42.5 Å². The van der Waals surface area contributed by atoms with Gasteiger partial charge in [-0.25, -0.2) is 9.37 Å². The van der Waals surface area contributed by atoms with Gasteiger partial charge in [-0.3, -0.25) is 20.4 Å². The predicted octanol–water partition coefficient (Wildman–Crippen LogP) is 2.88. The lowest BCUT2D eigenvalue weighted by Crippen LogP contribution is -2.41. The Morgan fingerprint density at radius 3 is 2.57 bits per heavy atom. The highest BCUT2D eigenvalue weighted by molar-refractivity contribution is 5.95. The first-order valence-corrected chi connectivity index (χ1v) is 8.49. The van der Waals surface area contributed by atoms with Gasteiger partial charge in [-0.1, -0.05) is 12.1 Å². The van der Waals surface area contributed by atoms with Gasteiger partial charge in [0, 0.05) is 18.4 Å². The Bertz CT molecular complexity index is 970. The number of nitrogens with zero attached hydrogens (tertiary/aromatic N) is 1. The molecule has 3 rings (SSSR count). The third-order valence-corrected chi connectivity index (χ3v) is 3.93. The molecule has 3 aromatic rings. The fourth-order valence-electron chi connectivity index (χ4n) is 2.44. The Labute approximate surface area is 160 Å². The van der Waals surface area contributed by atoms with Crippen molar-refractivity contribution in [3.63, 3.8) is 0 Å². The number of aromatic nitrogens is 1. The highest BCUT2D eigenvalue weighted by Crippen LogP contribution is 2.23. The molecular formula is C20H18FN3O4. The summed E-state index contributed by atoms with van der Waals surface area (Å²) in [6.07, 6.45) is 1.66. The van der Waals surface area contributed by atoms with E-state index in [-0.39, 0.29) is 12.8 Å². The third kappa shape index (κ3) is 4.73. The van der Waals surface area contributed by atoms with Crippen LogP contribution in [0, 0.1) is 5.82 Å². The van der Waals surface area contributed by atoms with E-state index in [0.29, 0.717) is 28.5 Å². The van der Waals surface area contributed by atoms with Crippen LogP contribution in [0.1, 0.15) is 22.7 Å². The maximum Gasteiger partial charge on any atom is 0.269 e. The van der Waals surface area contributed by atoms with Gasteiger partial charge in [-0.05, 0) is 36.4 Å². The normalized spacial score (nSPS) is 10.4. The van der Waals surface area contributed by atoms with Crippen LogP contribution in [0.15, 0.2) is 59.1 Å². The Balaban J connectivity index is 1.48. The van der Waals surface area contributed by atoms with Gasteiger partial charge in [0.2, 0.25) is 5.91 Å². The van der Waals surface area contributed by atoms with Gasteiger partial charge in [0.15, 0.2) is 11.7 Å². The van der Waals surface area contributed by atoms with Crippen LogP contribution < -0.4 is 15.6 Å². The molecule has 28 heavy (non-hydrogen) atoms. The zero-order valence-corrected chi connectivity index (χ0v) is 15.1. The molecule has 8 heteroatoms. The number of aryl methyl sites for hydroxylation is 1. The fourth-order valence-corrected chi connectivity index (χ4v) is 2.44. The molecule has 0 spiro atoms. The molecule has 0 saturated carbocycles. The summed E-state index contributed by atoms with van der Waals surface area (Å²) in [6, 6.07) is 12.6. The maximum absolute atomic E-state index is 13.8. The van der Waals surface area contributed by atoms with Crippen LogP contribution >= 0.6 is 0 Å². The SMILES string of the molecule is COc1ccc(C(=O)NNC(=O)CCc2ncc(-c3ccccc3F)o2)cc1. The van der Waals surface area contributed by atoms with Crippen molar-refractivity contribution in [1.29, 1.82) is 0 Å². The minimum Gasteiger partial charge on any atom is -0.497 e. The second-order valence-electron chi connectivity index (χ2n) is 5.83. The van der Waals surface area contributed by atoms with Crippen LogP contribution in [-0.2, 0) is 11.2 Å². The van der Waals surface area contributed by atoms with Crippen LogP contribution in [0.2, 0.25) is 0 Å². The van der Waals surface area contributed by atoms with Crippen molar-refractivity contribution in [2.75, 3.05) is 7.11 Å². The molecule has 0 aliphatic heterocycles. The van der Waals surface area contributed by atoms with Crippen LogP contribution in [0.25, 0.3) is 11.3 Å². The van der Waals surface area contributed by atoms with Crippen molar-refractivity contribution in [2.24, 2.45) is 0 Å². The predicted molar refractivity (Wildman–Crippen MR) is 98.8 cm³/mol. The second-order valence-corrected chi connectivity index (χ2v) is 5.83. The molecule has 0 unspecified atom stereocenters. The molecule has 2 amide bonds. The van der Waals surface area contributed by atoms with Crippen LogP contribution in [0.3, 0.4) is 0 Å². The number of methoxy groups -OCH3 is 1. The summed E-state index contributed by atoms with van der Waals surface area (Å²) in [5, 5.41) is 0. The fraction of sp³-hybridized carbons (Fsp3) is 0.150. The number of ether oxygens (including phenoxy) is 1. The van der Waals surface area contributed by atoms with E-state index in [1.807, 2.05) is 0 Å². The number of rotatable bonds is 6. The van der Waals surface area contributed by atoms with Crippen LogP contribution in [0.4, 0.5) is 4.39 Å². The number of carbonyl (C=O) groups excluding carboxylic acids is 2. The van der Waals surface area contributed by atoms with Gasteiger partial charge in [0.1, 0.15) is 11.6 Å². The molecule has 0 bridgehead atoms. The zero-order valence-electron chi connectivity index (χ0n) is 15.1. The first kappa shape index (κ1) is 19.1. The average Bonchev–Trinajstić information content (AvgIpc) is 3.19. The Morgan fingerprint density at radius 1 is 1.11 bits per heavy atom. The molecular weight excluding hydrogens is 365 g/mol. The van der Waals surface area contributed by atoms with Gasteiger partial charge < -0.3 is 9.15 Å². The topological polar surface area (TPSA) is 93.5 Å². The summed E-state index contributed by atoms with van der Waals surface area (Å²) < 4.78 is 24.3. The highest BCUT2D eigenvalue weighted by atomic mass is 19.1. The van der Waals surface area contributed by atoms with Crippen molar-refractivity contribution in [1.82, 2.24) is 15.8 Å². The third-order valence-electron chi connectivity index (χ3n) is 3.93. The minimum atomic E-state index is -0.450. The van der Waals surface area contributed by atoms with Gasteiger partial charge >= 0.3 is 0 Å². The molecule has 7 nitrogen and oxygen atoms in total. The van der Waals surface area contributed by atoms with Gasteiger partial charge in [-0.2, -0.15) is 0 Å². The van der Waals surface area contributed by atoms with Crippen molar-refractivity contribution < 1.29 is 23.1 Å². The van der Waals surface area contributed by atoms with E-state index >= 15 is 0 Å². The van der Waals surface area contributed by atoms with Gasteiger partial charge in [0.05, 0.1) is 18.9 Å². The number of carbonyl (C=O) groups is 2. The first-order chi connectivity index (χ1) is 13.6. The van der Waals surface area contributed by atoms with Crippen molar-refractivity contribution in [3.8, 4) is 17.1 Å². The molecule has 2 N–H and O–H groups in total. The summed E-state index contributed by atoms with van der Waals surface area (Å²) in [5.74, 6) is -0.0526. The van der Waals surface area contributed by atoms with E-state index in [0.717, 1.165) is 0 Å². The standard InChI is InChI=1S/C20H18FN3O4/c1-27-14-8-6-13(7-9-14)20(26)24-23-18(25)10-11-19-22-12-17(28-19)15-4-2-3-5-16(15)21/h2-9,12H,10-11H2,1H3,(H,23,25)(H,24,26). The van der Waals surface area contributed by atoms with Gasteiger partial charge in [-0.15, -0.1) is 0 Å². The minimum absolute atomic E-state index is 0.0418. The smallest absolute Gasteiger partial charge is 0.269 e. The van der Waals surface area contributed by atoms with Crippen molar-refractivity contribution in [3.05, 3.63) is 72.0 Å². The molecule has 0 atom stereocenters. The number of amides is 2. The molecule has 144 valence electrons. The average molecular weight is 383 g/mol. The van der Waals surface area contributed by atoms with Gasteiger partial charge in [0.25, 0.3) is 5.91 Å². The van der Waals surface area contributed by atoms with Crippen LogP contribution in [-0.4, -0.2) is 23.9 Å². The van der Waals surface area contributed by atoms with Crippen LogP contribution in [0.5, 0.6) is 5.75 Å². The van der Waals surface area contributed by atoms with Crippen molar-refractivity contribution >= 4 is 11.8 Å². The molecule has 2 aromatic carbocycles. The van der Waals surface area contributed by atoms with E-state index in [4.69, 9.17) is 9.15 Å². The highest BCUT2D eigenvalue weighted by Gasteiger charge is 2.12. The Morgan fingerprint density at radius 2 is 1.86 bits per heavy atom. The molecule has 0 aliphatic carbocycles. The van der Waals surface area contributed by atoms with E-state index in [1.165, 1.54) is 19.4 Å². The second kappa shape index (κ2) is 8.81. The molecule has 0 fully saturated rings. The molecule has 1 heterocycles. The number of halogens is 1. The molecule has 1 aromatic heterocycles. The summed E-state index contributed by atoms with van der Waals surface area (Å²) >= 11 is 0. The van der Waals surface area contributed by atoms with E-state index in [2.05, 4.69) is 15.8 Å². The zero-order chi connectivity index (χ0) is 19.9. The molecule has 0 radical (unpaired) electrons. The number of hydrogen-bond acceptors (Lipinski definition) is 5. The van der Waals surface area contributed by atoms with E-state index < -0.39 is 17.6 Å². The lowest BCUT2D eigenvalue weighted by atomic mass is 10.2. The summed E-state index contributed by atoms with van der Waals surface area (Å²) in [6.45, 7) is 0.